The Balaban J connectivity index is 1.84. The third-order valence-electron chi connectivity index (χ3n) is 5.59. The highest BCUT2D eigenvalue weighted by molar-refractivity contribution is 7.93. The molecule has 1 N–H and O–H groups in total. The predicted molar refractivity (Wildman–Crippen MR) is 132 cm³/mol. The van der Waals surface area contributed by atoms with E-state index in [-0.39, 0.29) is 26.7 Å². The van der Waals surface area contributed by atoms with Gasteiger partial charge in [-0.3, -0.25) is 9.71 Å². The molecule has 4 aromatic rings. The van der Waals surface area contributed by atoms with E-state index in [1.165, 1.54) is 24.3 Å². The van der Waals surface area contributed by atoms with Crippen molar-refractivity contribution in [3.05, 3.63) is 107 Å². The summed E-state index contributed by atoms with van der Waals surface area (Å²) in [7, 11) is -8.58. The van der Waals surface area contributed by atoms with E-state index in [1.54, 1.807) is 49.5 Å². The summed E-state index contributed by atoms with van der Waals surface area (Å²) >= 11 is 0. The van der Waals surface area contributed by atoms with Crippen LogP contribution in [-0.4, -0.2) is 25.8 Å². The van der Waals surface area contributed by atoms with Gasteiger partial charge in [-0.15, -0.1) is 0 Å². The van der Waals surface area contributed by atoms with Crippen molar-refractivity contribution in [2.75, 3.05) is 4.72 Å². The summed E-state index contributed by atoms with van der Waals surface area (Å²) < 4.78 is 70.9. The van der Waals surface area contributed by atoms with Crippen LogP contribution >= 0.6 is 0 Å². The highest BCUT2D eigenvalue weighted by Crippen LogP contribution is 2.31. The fourth-order valence-corrected chi connectivity index (χ4v) is 6.19. The van der Waals surface area contributed by atoms with Crippen molar-refractivity contribution >= 4 is 25.7 Å². The number of nitrogens with one attached hydrogen (secondary N) is 1. The predicted octanol–water partition coefficient (Wildman–Crippen LogP) is 4.39. The summed E-state index contributed by atoms with van der Waals surface area (Å²) in [6, 6.07) is 17.6. The van der Waals surface area contributed by atoms with Crippen molar-refractivity contribution < 1.29 is 21.2 Å². The number of nitriles is 1. The van der Waals surface area contributed by atoms with Gasteiger partial charge in [0, 0.05) is 29.7 Å². The average Bonchev–Trinajstić information content (AvgIpc) is 3.33. The van der Waals surface area contributed by atoms with E-state index >= 15 is 0 Å². The summed E-state index contributed by atoms with van der Waals surface area (Å²) in [6.07, 6.45) is 2.55. The Labute approximate surface area is 208 Å². The van der Waals surface area contributed by atoms with E-state index in [1.807, 2.05) is 6.92 Å². The van der Waals surface area contributed by atoms with Crippen LogP contribution in [0.4, 0.5) is 10.1 Å². The molecule has 11 heteroatoms. The van der Waals surface area contributed by atoms with Gasteiger partial charge in [0.1, 0.15) is 10.7 Å². The van der Waals surface area contributed by atoms with Crippen LogP contribution in [0.3, 0.4) is 0 Å². The van der Waals surface area contributed by atoms with Gasteiger partial charge in [-0.2, -0.15) is 5.26 Å². The van der Waals surface area contributed by atoms with Gasteiger partial charge < -0.3 is 0 Å². The van der Waals surface area contributed by atoms with Gasteiger partial charge in [-0.05, 0) is 55.5 Å². The van der Waals surface area contributed by atoms with Gasteiger partial charge >= 0.3 is 0 Å². The zero-order valence-electron chi connectivity index (χ0n) is 19.3. The second kappa shape index (κ2) is 9.56. The Morgan fingerprint density at radius 1 is 1.00 bits per heavy atom. The van der Waals surface area contributed by atoms with Crippen LogP contribution in [0.1, 0.15) is 35.4 Å². The molecule has 184 valence electrons. The maximum absolute atomic E-state index is 14.4. The van der Waals surface area contributed by atoms with Gasteiger partial charge in [-0.25, -0.2) is 25.2 Å². The molecule has 0 bridgehead atoms. The molecule has 2 aromatic heterocycles. The van der Waals surface area contributed by atoms with E-state index in [4.69, 9.17) is 5.26 Å². The van der Waals surface area contributed by atoms with E-state index in [2.05, 4.69) is 9.71 Å². The molecule has 8 nitrogen and oxygen atoms in total. The first-order valence-electron chi connectivity index (χ1n) is 10.7. The summed E-state index contributed by atoms with van der Waals surface area (Å²) in [5.41, 5.74) is 1.21. The molecule has 0 radical (unpaired) electrons. The lowest BCUT2D eigenvalue weighted by molar-refractivity contribution is 0.583. The molecular weight excluding hydrogens is 503 g/mol. The van der Waals surface area contributed by atoms with Crippen molar-refractivity contribution in [2.45, 2.75) is 29.6 Å². The molecule has 0 spiro atoms. The largest absolute Gasteiger partial charge is 0.277 e. The molecule has 4 rings (SSSR count). The second-order valence-electron chi connectivity index (χ2n) is 8.10. The third-order valence-corrected chi connectivity index (χ3v) is 8.63. The number of hydrogen-bond donors (Lipinski definition) is 1. The minimum Gasteiger partial charge on any atom is -0.277 e. The van der Waals surface area contributed by atoms with Crippen molar-refractivity contribution in [1.82, 2.24) is 8.96 Å². The van der Waals surface area contributed by atoms with Crippen molar-refractivity contribution in [3.8, 4) is 6.07 Å². The number of benzene rings is 2. The summed E-state index contributed by atoms with van der Waals surface area (Å²) in [5, 5.41) is 8.91. The molecule has 2 aromatic carbocycles. The van der Waals surface area contributed by atoms with Gasteiger partial charge in [0.05, 0.1) is 22.2 Å². The number of halogens is 1. The smallest absolute Gasteiger partial charge is 0.267 e. The SMILES string of the molecule is Cc1ccc(S(=O)(=O)n2cc(S(=O)(=O)Nc3ccc(C#N)cc3F)cc2C(C)c2ccccn2)cc1. The van der Waals surface area contributed by atoms with E-state index in [0.29, 0.717) is 5.69 Å². The third kappa shape index (κ3) is 4.86. The Bertz CT molecular complexity index is 1680. The molecule has 0 aliphatic rings. The molecule has 0 aliphatic carbocycles. The zero-order chi connectivity index (χ0) is 26.1. The van der Waals surface area contributed by atoms with Crippen LogP contribution in [0, 0.1) is 24.1 Å². The number of pyridine rings is 1. The quantitative estimate of drug-likeness (QED) is 0.383. The number of sulfonamides is 1. The first kappa shape index (κ1) is 25.1. The summed E-state index contributed by atoms with van der Waals surface area (Å²) in [5.74, 6) is -1.53. The van der Waals surface area contributed by atoms with Crippen LogP contribution in [0.5, 0.6) is 0 Å². The van der Waals surface area contributed by atoms with Gasteiger partial charge in [0.25, 0.3) is 20.0 Å². The van der Waals surface area contributed by atoms with Crippen LogP contribution < -0.4 is 4.72 Å². The maximum atomic E-state index is 14.4. The van der Waals surface area contributed by atoms with Crippen LogP contribution in [0.15, 0.2) is 88.9 Å². The average molecular weight is 525 g/mol. The van der Waals surface area contributed by atoms with E-state index in [9.17, 15) is 21.2 Å². The van der Waals surface area contributed by atoms with Crippen molar-refractivity contribution in [2.24, 2.45) is 0 Å². The highest BCUT2D eigenvalue weighted by Gasteiger charge is 2.29. The van der Waals surface area contributed by atoms with Gasteiger partial charge in [0.2, 0.25) is 0 Å². The summed E-state index contributed by atoms with van der Waals surface area (Å²) in [4.78, 5) is 3.89. The lowest BCUT2D eigenvalue weighted by atomic mass is 10.0. The zero-order valence-corrected chi connectivity index (χ0v) is 20.9. The standard InChI is InChI=1S/C25H21FN4O4S2/c1-17-6-9-20(10-7-17)36(33,34)30-16-21(14-25(30)18(2)23-5-3-4-12-28-23)35(31,32)29-24-11-8-19(15-27)13-22(24)26/h3-14,16,18,29H,1-2H3. The first-order valence-corrected chi connectivity index (χ1v) is 13.6. The summed E-state index contributed by atoms with van der Waals surface area (Å²) in [6.45, 7) is 3.53. The molecule has 1 atom stereocenters. The Morgan fingerprint density at radius 3 is 2.33 bits per heavy atom. The number of aryl methyl sites for hydroxylation is 1. The van der Waals surface area contributed by atoms with Crippen molar-refractivity contribution in [3.63, 3.8) is 0 Å². The molecule has 0 amide bonds. The number of rotatable bonds is 7. The number of hydrogen-bond acceptors (Lipinski definition) is 6. The Morgan fingerprint density at radius 2 is 1.72 bits per heavy atom. The van der Waals surface area contributed by atoms with Crippen LogP contribution in [0.2, 0.25) is 0 Å². The maximum Gasteiger partial charge on any atom is 0.267 e. The lowest BCUT2D eigenvalue weighted by Crippen LogP contribution is -2.17. The lowest BCUT2D eigenvalue weighted by Gasteiger charge is -2.15. The van der Waals surface area contributed by atoms with E-state index < -0.39 is 31.8 Å². The number of anilines is 1. The number of nitrogens with zero attached hydrogens (tertiary/aromatic N) is 3. The highest BCUT2D eigenvalue weighted by atomic mass is 32.2. The molecule has 0 fully saturated rings. The second-order valence-corrected chi connectivity index (χ2v) is 11.6. The molecular formula is C25H21FN4O4S2. The van der Waals surface area contributed by atoms with E-state index in [0.717, 1.165) is 27.9 Å². The first-order chi connectivity index (χ1) is 17.0. The Kier molecular flexibility index (Phi) is 6.67. The monoisotopic (exact) mass is 524 g/mol. The van der Waals surface area contributed by atoms with Gasteiger partial charge in [-0.1, -0.05) is 30.7 Å². The molecule has 0 saturated carbocycles. The molecule has 2 heterocycles. The van der Waals surface area contributed by atoms with Crippen LogP contribution in [-0.2, 0) is 20.0 Å². The fraction of sp³-hybridized carbons (Fsp3) is 0.120. The van der Waals surface area contributed by atoms with Crippen molar-refractivity contribution in [1.29, 1.82) is 5.26 Å². The van der Waals surface area contributed by atoms with Crippen LogP contribution in [0.25, 0.3) is 0 Å². The molecule has 36 heavy (non-hydrogen) atoms. The minimum absolute atomic E-state index is 0.0202. The number of aromatic nitrogens is 2. The molecule has 0 aliphatic heterocycles. The Hall–Kier alpha value is -4.01. The fourth-order valence-electron chi connectivity index (χ4n) is 3.59. The normalized spacial score (nSPS) is 12.6. The minimum atomic E-state index is -4.40. The topological polar surface area (TPSA) is 122 Å². The molecule has 0 saturated heterocycles. The molecule has 1 unspecified atom stereocenters. The van der Waals surface area contributed by atoms with Gasteiger partial charge in [0.15, 0.2) is 0 Å².